The number of carbonyl (C=O) groups excluding carboxylic acids is 3. The first-order valence-electron chi connectivity index (χ1n) is 9.20. The molecule has 0 bridgehead atoms. The van der Waals surface area contributed by atoms with Crippen molar-refractivity contribution in [2.24, 2.45) is 0 Å². The maximum absolute atomic E-state index is 12.4. The maximum Gasteiger partial charge on any atom is 0.338 e. The van der Waals surface area contributed by atoms with E-state index in [0.29, 0.717) is 38.3 Å². The lowest BCUT2D eigenvalue weighted by molar-refractivity contribution is -0.130. The van der Waals surface area contributed by atoms with Crippen LogP contribution in [-0.4, -0.2) is 66.9 Å². The highest BCUT2D eigenvalue weighted by atomic mass is 32.1. The number of nitrogens with zero attached hydrogens (tertiary/aromatic N) is 2. The smallest absolute Gasteiger partial charge is 0.338 e. The number of rotatable bonds is 6. The minimum Gasteiger partial charge on any atom is -0.462 e. The molecule has 1 fully saturated rings. The Labute approximate surface area is 167 Å². The average molecular weight is 401 g/mol. The number of hydrogen-bond donors (Lipinski definition) is 1. The average Bonchev–Trinajstić information content (AvgIpc) is 3.27. The van der Waals surface area contributed by atoms with E-state index >= 15 is 0 Å². The molecule has 0 unspecified atom stereocenters. The molecule has 2 heterocycles. The number of hydrogen-bond acceptors (Lipinski definition) is 6. The molecule has 0 aliphatic carbocycles. The lowest BCUT2D eigenvalue weighted by Gasteiger charge is -2.34. The molecule has 2 amide bonds. The summed E-state index contributed by atoms with van der Waals surface area (Å²) in [4.78, 5) is 40.7. The Kier molecular flexibility index (Phi) is 6.65. The summed E-state index contributed by atoms with van der Waals surface area (Å²) >= 11 is 1.43. The zero-order chi connectivity index (χ0) is 19.9. The van der Waals surface area contributed by atoms with Gasteiger partial charge in [-0.05, 0) is 42.6 Å². The number of thiophene rings is 1. The Morgan fingerprint density at radius 1 is 1.04 bits per heavy atom. The minimum atomic E-state index is -0.361. The van der Waals surface area contributed by atoms with Gasteiger partial charge in [0.1, 0.15) is 0 Å². The summed E-state index contributed by atoms with van der Waals surface area (Å²) in [5, 5.41) is 4.96. The van der Waals surface area contributed by atoms with Crippen molar-refractivity contribution in [3.8, 4) is 0 Å². The highest BCUT2D eigenvalue weighted by Crippen LogP contribution is 2.14. The van der Waals surface area contributed by atoms with E-state index in [1.165, 1.54) is 11.3 Å². The molecule has 0 saturated carbocycles. The normalized spacial score (nSPS) is 13.9. The second-order valence-electron chi connectivity index (χ2n) is 6.30. The topological polar surface area (TPSA) is 79.0 Å². The van der Waals surface area contributed by atoms with E-state index in [9.17, 15) is 14.4 Å². The van der Waals surface area contributed by atoms with Crippen LogP contribution in [0.2, 0.25) is 0 Å². The number of nitrogens with one attached hydrogen (secondary N) is 1. The molecule has 3 rings (SSSR count). The van der Waals surface area contributed by atoms with Crippen LogP contribution in [0.15, 0.2) is 41.8 Å². The van der Waals surface area contributed by atoms with Crippen molar-refractivity contribution in [1.29, 1.82) is 0 Å². The first-order chi connectivity index (χ1) is 13.6. The molecule has 2 aromatic rings. The second-order valence-corrected chi connectivity index (χ2v) is 7.25. The summed E-state index contributed by atoms with van der Waals surface area (Å²) in [7, 11) is 0. The third-order valence-electron chi connectivity index (χ3n) is 4.49. The molecule has 7 nitrogen and oxygen atoms in total. The summed E-state index contributed by atoms with van der Waals surface area (Å²) in [5.41, 5.74) is 1.23. The molecular formula is C20H23N3O4S. The lowest BCUT2D eigenvalue weighted by atomic mass is 10.2. The number of ether oxygens (including phenoxy) is 1. The number of benzene rings is 1. The summed E-state index contributed by atoms with van der Waals surface area (Å²) in [6, 6.07) is 10.5. The highest BCUT2D eigenvalue weighted by molar-refractivity contribution is 7.12. The fourth-order valence-corrected chi connectivity index (χ4v) is 3.63. The predicted octanol–water partition coefficient (Wildman–Crippen LogP) is 2.32. The van der Waals surface area contributed by atoms with Crippen molar-refractivity contribution in [2.45, 2.75) is 6.92 Å². The van der Waals surface area contributed by atoms with Crippen LogP contribution in [0.5, 0.6) is 0 Å². The van der Waals surface area contributed by atoms with E-state index in [1.807, 2.05) is 17.5 Å². The van der Waals surface area contributed by atoms with E-state index in [0.717, 1.165) is 10.6 Å². The van der Waals surface area contributed by atoms with Crippen molar-refractivity contribution < 1.29 is 19.1 Å². The van der Waals surface area contributed by atoms with Gasteiger partial charge in [0, 0.05) is 31.9 Å². The van der Waals surface area contributed by atoms with Crippen molar-refractivity contribution >= 4 is 34.8 Å². The molecule has 148 valence electrons. The summed E-state index contributed by atoms with van der Waals surface area (Å²) in [5.74, 6) is -0.348. The Bertz CT molecular complexity index is 812. The molecule has 1 aromatic heterocycles. The molecule has 0 atom stereocenters. The third-order valence-corrected chi connectivity index (χ3v) is 5.35. The van der Waals surface area contributed by atoms with Gasteiger partial charge in [-0.2, -0.15) is 0 Å². The zero-order valence-electron chi connectivity index (χ0n) is 15.7. The van der Waals surface area contributed by atoms with Gasteiger partial charge in [-0.15, -0.1) is 11.3 Å². The SMILES string of the molecule is CCOC(=O)c1ccc(NCC(=O)N2CCN(C(=O)c3cccs3)CC2)cc1. The molecular weight excluding hydrogens is 378 g/mol. The number of esters is 1. The van der Waals surface area contributed by atoms with Crippen molar-refractivity contribution in [1.82, 2.24) is 9.80 Å². The largest absolute Gasteiger partial charge is 0.462 e. The van der Waals surface area contributed by atoms with E-state index < -0.39 is 0 Å². The molecule has 28 heavy (non-hydrogen) atoms. The van der Waals surface area contributed by atoms with Gasteiger partial charge in [0.25, 0.3) is 5.91 Å². The van der Waals surface area contributed by atoms with Gasteiger partial charge >= 0.3 is 5.97 Å². The number of piperazine rings is 1. The highest BCUT2D eigenvalue weighted by Gasteiger charge is 2.25. The van der Waals surface area contributed by atoms with E-state index in [-0.39, 0.29) is 24.3 Å². The zero-order valence-corrected chi connectivity index (χ0v) is 16.5. The first kappa shape index (κ1) is 19.9. The van der Waals surface area contributed by atoms with Crippen LogP contribution in [-0.2, 0) is 9.53 Å². The fraction of sp³-hybridized carbons (Fsp3) is 0.350. The van der Waals surface area contributed by atoms with E-state index in [2.05, 4.69) is 5.32 Å². The van der Waals surface area contributed by atoms with Gasteiger partial charge in [0.15, 0.2) is 0 Å². The van der Waals surface area contributed by atoms with Gasteiger partial charge in [-0.25, -0.2) is 4.79 Å². The number of amides is 2. The van der Waals surface area contributed by atoms with Gasteiger partial charge < -0.3 is 19.9 Å². The summed E-state index contributed by atoms with van der Waals surface area (Å²) in [6.45, 7) is 4.39. The molecule has 0 radical (unpaired) electrons. The van der Waals surface area contributed by atoms with Gasteiger partial charge in [0.2, 0.25) is 5.91 Å². The summed E-state index contributed by atoms with van der Waals surface area (Å²) < 4.78 is 4.95. The van der Waals surface area contributed by atoms with Crippen molar-refractivity contribution in [3.63, 3.8) is 0 Å². The van der Waals surface area contributed by atoms with Crippen LogP contribution in [0.3, 0.4) is 0 Å². The minimum absolute atomic E-state index is 0.0160. The van der Waals surface area contributed by atoms with Crippen LogP contribution in [0.25, 0.3) is 0 Å². The first-order valence-corrected chi connectivity index (χ1v) is 10.1. The Morgan fingerprint density at radius 2 is 1.71 bits per heavy atom. The quantitative estimate of drug-likeness (QED) is 0.752. The molecule has 1 saturated heterocycles. The molecule has 1 aromatic carbocycles. The second kappa shape index (κ2) is 9.36. The van der Waals surface area contributed by atoms with Gasteiger partial charge in [0.05, 0.1) is 23.6 Å². The van der Waals surface area contributed by atoms with Gasteiger partial charge in [-0.1, -0.05) is 6.07 Å². The fourth-order valence-electron chi connectivity index (χ4n) is 2.94. The standard InChI is InChI=1S/C20H23N3O4S/c1-2-27-20(26)15-5-7-16(8-6-15)21-14-18(24)22-9-11-23(12-10-22)19(25)17-4-3-13-28-17/h3-8,13,21H,2,9-12,14H2,1H3. The third kappa shape index (κ3) is 4.89. The molecule has 1 aliphatic heterocycles. The van der Waals surface area contributed by atoms with Crippen LogP contribution >= 0.6 is 11.3 Å². The van der Waals surface area contributed by atoms with Crippen LogP contribution in [0.4, 0.5) is 5.69 Å². The van der Waals surface area contributed by atoms with E-state index in [4.69, 9.17) is 4.74 Å². The van der Waals surface area contributed by atoms with Crippen LogP contribution in [0.1, 0.15) is 27.0 Å². The van der Waals surface area contributed by atoms with Crippen LogP contribution in [0, 0.1) is 0 Å². The van der Waals surface area contributed by atoms with Gasteiger partial charge in [-0.3, -0.25) is 9.59 Å². The molecule has 0 spiro atoms. The lowest BCUT2D eigenvalue weighted by Crippen LogP contribution is -2.51. The molecule has 8 heteroatoms. The molecule has 1 aliphatic rings. The Hall–Kier alpha value is -2.87. The monoisotopic (exact) mass is 401 g/mol. The molecule has 1 N–H and O–H groups in total. The number of carbonyl (C=O) groups is 3. The maximum atomic E-state index is 12.4. The number of anilines is 1. The summed E-state index contributed by atoms with van der Waals surface area (Å²) in [6.07, 6.45) is 0. The Balaban J connectivity index is 1.44. The van der Waals surface area contributed by atoms with E-state index in [1.54, 1.807) is 41.0 Å². The predicted molar refractivity (Wildman–Crippen MR) is 108 cm³/mol. The van der Waals surface area contributed by atoms with Crippen LogP contribution < -0.4 is 5.32 Å². The Morgan fingerprint density at radius 3 is 2.32 bits per heavy atom. The van der Waals surface area contributed by atoms with Crippen molar-refractivity contribution in [3.05, 3.63) is 52.2 Å². The van der Waals surface area contributed by atoms with Crippen molar-refractivity contribution in [2.75, 3.05) is 44.6 Å².